The molecule has 1 heterocycles. The molecule has 2 rings (SSSR count). The molecule has 0 fully saturated rings. The lowest BCUT2D eigenvalue weighted by Gasteiger charge is -2.09. The highest BCUT2D eigenvalue weighted by Crippen LogP contribution is 2.25. The fourth-order valence-electron chi connectivity index (χ4n) is 2.52. The molecule has 2 aromatic rings. The molecule has 21 heavy (non-hydrogen) atoms. The van der Waals surface area contributed by atoms with E-state index in [0.29, 0.717) is 5.69 Å². The molecule has 1 aromatic heterocycles. The number of aryl methyl sites for hydroxylation is 2. The van der Waals surface area contributed by atoms with Crippen molar-refractivity contribution in [2.75, 3.05) is 0 Å². The summed E-state index contributed by atoms with van der Waals surface area (Å²) in [6, 6.07) is 10.2. The van der Waals surface area contributed by atoms with E-state index in [-0.39, 0.29) is 0 Å². The zero-order valence-corrected chi connectivity index (χ0v) is 12.8. The van der Waals surface area contributed by atoms with Crippen LogP contribution in [0.4, 0.5) is 0 Å². The number of benzene rings is 1. The minimum absolute atomic E-state index is 0.415. The van der Waals surface area contributed by atoms with E-state index in [1.807, 2.05) is 22.9 Å². The van der Waals surface area contributed by atoms with Crippen molar-refractivity contribution in [1.29, 1.82) is 5.26 Å². The second-order valence-electron chi connectivity index (χ2n) is 5.35. The highest BCUT2D eigenvalue weighted by Gasteiger charge is 2.15. The Bertz CT molecular complexity index is 622. The Morgan fingerprint density at radius 1 is 1.14 bits per heavy atom. The van der Waals surface area contributed by atoms with Gasteiger partial charge in [0.15, 0.2) is 5.69 Å². The molecular weight excluding hydrogens is 260 g/mol. The van der Waals surface area contributed by atoms with Crippen molar-refractivity contribution in [3.8, 4) is 17.3 Å². The van der Waals surface area contributed by atoms with Gasteiger partial charge in [-0.1, -0.05) is 62.1 Å². The zero-order chi connectivity index (χ0) is 15.1. The van der Waals surface area contributed by atoms with E-state index < -0.39 is 0 Å². The number of unbranched alkanes of at least 4 members (excludes halogenated alkanes) is 4. The predicted molar refractivity (Wildman–Crippen MR) is 83.7 cm³/mol. The Kier molecular flexibility index (Phi) is 5.51. The molecule has 0 aliphatic carbocycles. The van der Waals surface area contributed by atoms with Crippen molar-refractivity contribution < 1.29 is 0 Å². The maximum absolute atomic E-state index is 9.26. The largest absolute Gasteiger partial charge is 0.243 e. The molecule has 0 bridgehead atoms. The molecular formula is C17H22N4. The molecule has 4 nitrogen and oxygen atoms in total. The van der Waals surface area contributed by atoms with Gasteiger partial charge in [-0.2, -0.15) is 5.26 Å². The fourth-order valence-corrected chi connectivity index (χ4v) is 2.52. The maximum atomic E-state index is 9.26. The van der Waals surface area contributed by atoms with Crippen LogP contribution < -0.4 is 0 Å². The normalized spacial score (nSPS) is 10.5. The first-order valence-corrected chi connectivity index (χ1v) is 7.67. The van der Waals surface area contributed by atoms with Gasteiger partial charge in [-0.3, -0.25) is 0 Å². The number of aromatic nitrogens is 3. The predicted octanol–water partition coefficient (Wildman–Crippen LogP) is 4.10. The molecule has 0 amide bonds. The quantitative estimate of drug-likeness (QED) is 0.718. The van der Waals surface area contributed by atoms with Crippen LogP contribution in [0.1, 0.15) is 50.3 Å². The average molecular weight is 282 g/mol. The molecule has 4 heteroatoms. The number of nitrogens with zero attached hydrogens (tertiary/aromatic N) is 4. The number of rotatable bonds is 7. The Hall–Kier alpha value is -2.15. The zero-order valence-electron chi connectivity index (χ0n) is 12.8. The van der Waals surface area contributed by atoms with Gasteiger partial charge in [0.25, 0.3) is 0 Å². The first-order chi connectivity index (χ1) is 10.3. The van der Waals surface area contributed by atoms with Gasteiger partial charge < -0.3 is 0 Å². The van der Waals surface area contributed by atoms with E-state index in [2.05, 4.69) is 36.3 Å². The third-order valence-electron chi connectivity index (χ3n) is 3.71. The summed E-state index contributed by atoms with van der Waals surface area (Å²) in [5.74, 6) is 0. The average Bonchev–Trinajstić information content (AvgIpc) is 2.90. The molecule has 0 unspecified atom stereocenters. The van der Waals surface area contributed by atoms with Crippen molar-refractivity contribution in [2.24, 2.45) is 0 Å². The summed E-state index contributed by atoms with van der Waals surface area (Å²) in [4.78, 5) is 0. The molecule has 0 radical (unpaired) electrons. The van der Waals surface area contributed by atoms with E-state index in [1.165, 1.54) is 25.7 Å². The standard InChI is InChI=1S/C17H22N4/c1-3-4-5-6-9-12-21-17(16(13-18)19-20-21)15-11-8-7-10-14(15)2/h7-8,10-11H,3-6,9,12H2,1-2H3. The first-order valence-electron chi connectivity index (χ1n) is 7.67. The second kappa shape index (κ2) is 7.58. The van der Waals surface area contributed by atoms with Crippen molar-refractivity contribution in [3.63, 3.8) is 0 Å². The van der Waals surface area contributed by atoms with Gasteiger partial charge in [-0.05, 0) is 18.9 Å². The Balaban J connectivity index is 2.18. The third kappa shape index (κ3) is 3.69. The fraction of sp³-hybridized carbons (Fsp3) is 0.471. The number of hydrogen-bond acceptors (Lipinski definition) is 3. The molecule has 0 spiro atoms. The van der Waals surface area contributed by atoms with Gasteiger partial charge in [-0.25, -0.2) is 4.68 Å². The molecule has 0 atom stereocenters. The van der Waals surface area contributed by atoms with Crippen LogP contribution in [0, 0.1) is 18.3 Å². The second-order valence-corrected chi connectivity index (χ2v) is 5.35. The van der Waals surface area contributed by atoms with E-state index in [1.54, 1.807) is 0 Å². The molecule has 1 aromatic carbocycles. The lowest BCUT2D eigenvalue weighted by molar-refractivity contribution is 0.524. The van der Waals surface area contributed by atoms with Crippen LogP contribution in [-0.2, 0) is 6.54 Å². The third-order valence-corrected chi connectivity index (χ3v) is 3.71. The highest BCUT2D eigenvalue weighted by molar-refractivity contribution is 5.68. The van der Waals surface area contributed by atoms with Crippen LogP contribution in [0.25, 0.3) is 11.3 Å². The van der Waals surface area contributed by atoms with Gasteiger partial charge in [0.2, 0.25) is 0 Å². The Morgan fingerprint density at radius 2 is 1.90 bits per heavy atom. The van der Waals surface area contributed by atoms with Crippen molar-refractivity contribution in [2.45, 2.75) is 52.5 Å². The summed E-state index contributed by atoms with van der Waals surface area (Å²) in [5.41, 5.74) is 3.46. The van der Waals surface area contributed by atoms with Crippen LogP contribution in [0.15, 0.2) is 24.3 Å². The van der Waals surface area contributed by atoms with Gasteiger partial charge >= 0.3 is 0 Å². The molecule has 0 N–H and O–H groups in total. The molecule has 0 aliphatic rings. The van der Waals surface area contributed by atoms with Gasteiger partial charge in [0.1, 0.15) is 11.8 Å². The SMILES string of the molecule is CCCCCCCn1nnc(C#N)c1-c1ccccc1C. The number of nitriles is 1. The lowest BCUT2D eigenvalue weighted by atomic mass is 10.0. The number of hydrogen-bond donors (Lipinski definition) is 0. The minimum atomic E-state index is 0.415. The smallest absolute Gasteiger partial charge is 0.190 e. The van der Waals surface area contributed by atoms with E-state index in [4.69, 9.17) is 0 Å². The monoisotopic (exact) mass is 282 g/mol. The van der Waals surface area contributed by atoms with Crippen LogP contribution >= 0.6 is 0 Å². The Labute approximate surface area is 126 Å². The van der Waals surface area contributed by atoms with Gasteiger partial charge in [0, 0.05) is 12.1 Å². The van der Waals surface area contributed by atoms with Crippen LogP contribution in [0.3, 0.4) is 0 Å². The summed E-state index contributed by atoms with van der Waals surface area (Å²) in [7, 11) is 0. The van der Waals surface area contributed by atoms with Gasteiger partial charge in [0.05, 0.1) is 0 Å². The van der Waals surface area contributed by atoms with Crippen LogP contribution in [-0.4, -0.2) is 15.0 Å². The van der Waals surface area contributed by atoms with E-state index in [0.717, 1.165) is 29.8 Å². The lowest BCUT2D eigenvalue weighted by Crippen LogP contribution is -2.04. The van der Waals surface area contributed by atoms with Crippen molar-refractivity contribution >= 4 is 0 Å². The minimum Gasteiger partial charge on any atom is -0.243 e. The summed E-state index contributed by atoms with van der Waals surface area (Å²) >= 11 is 0. The highest BCUT2D eigenvalue weighted by atomic mass is 15.4. The Morgan fingerprint density at radius 3 is 2.62 bits per heavy atom. The summed E-state index contributed by atoms with van der Waals surface area (Å²) in [6.07, 6.45) is 6.06. The van der Waals surface area contributed by atoms with Crippen molar-refractivity contribution in [1.82, 2.24) is 15.0 Å². The summed E-state index contributed by atoms with van der Waals surface area (Å²) in [5, 5.41) is 17.4. The van der Waals surface area contributed by atoms with Gasteiger partial charge in [-0.15, -0.1) is 5.10 Å². The topological polar surface area (TPSA) is 54.5 Å². The summed E-state index contributed by atoms with van der Waals surface area (Å²) in [6.45, 7) is 5.09. The van der Waals surface area contributed by atoms with Crippen LogP contribution in [0.5, 0.6) is 0 Å². The molecule has 0 saturated carbocycles. The van der Waals surface area contributed by atoms with Crippen LogP contribution in [0.2, 0.25) is 0 Å². The molecule has 110 valence electrons. The van der Waals surface area contributed by atoms with Crippen molar-refractivity contribution in [3.05, 3.63) is 35.5 Å². The first kappa shape index (κ1) is 15.2. The maximum Gasteiger partial charge on any atom is 0.190 e. The van der Waals surface area contributed by atoms with E-state index >= 15 is 0 Å². The molecule has 0 aliphatic heterocycles. The summed E-state index contributed by atoms with van der Waals surface area (Å²) < 4.78 is 1.88. The molecule has 0 saturated heterocycles. The van der Waals surface area contributed by atoms with E-state index in [9.17, 15) is 5.26 Å².